The summed E-state index contributed by atoms with van der Waals surface area (Å²) in [6, 6.07) is 12.4. The minimum atomic E-state index is 0.694. The van der Waals surface area contributed by atoms with Crippen LogP contribution in [0.5, 0.6) is 0 Å². The van der Waals surface area contributed by atoms with Crippen LogP contribution in [0.3, 0.4) is 0 Å². The van der Waals surface area contributed by atoms with E-state index < -0.39 is 0 Å². The van der Waals surface area contributed by atoms with Crippen LogP contribution in [0.2, 0.25) is 0 Å². The monoisotopic (exact) mass is 354 g/mol. The lowest BCUT2D eigenvalue weighted by atomic mass is 10.2. The normalized spacial score (nSPS) is 11.3. The van der Waals surface area contributed by atoms with Crippen LogP contribution >= 0.6 is 0 Å². The minimum absolute atomic E-state index is 0.694. The molecule has 4 heterocycles. The van der Waals surface area contributed by atoms with E-state index in [1.807, 2.05) is 47.8 Å². The number of benzene rings is 1. The van der Waals surface area contributed by atoms with Crippen molar-refractivity contribution in [3.8, 4) is 11.3 Å². The van der Waals surface area contributed by atoms with Crippen LogP contribution in [0.4, 0.5) is 11.5 Å². The number of fused-ring (bicyclic) bond motifs is 2. The quantitative estimate of drug-likeness (QED) is 0.453. The fourth-order valence-electron chi connectivity index (χ4n) is 3.37. The van der Waals surface area contributed by atoms with E-state index in [0.29, 0.717) is 6.54 Å². The van der Waals surface area contributed by atoms with Gasteiger partial charge in [0.1, 0.15) is 0 Å². The van der Waals surface area contributed by atoms with Gasteiger partial charge in [-0.25, -0.2) is 4.98 Å². The Bertz CT molecular complexity index is 1260. The number of hydrogen-bond donors (Lipinski definition) is 2. The molecule has 2 N–H and O–H groups in total. The molecule has 132 valence electrons. The summed E-state index contributed by atoms with van der Waals surface area (Å²) in [4.78, 5) is 7.75. The van der Waals surface area contributed by atoms with Gasteiger partial charge in [-0.2, -0.15) is 5.10 Å². The van der Waals surface area contributed by atoms with Crippen molar-refractivity contribution in [2.45, 2.75) is 6.54 Å². The molecular weight excluding hydrogens is 336 g/mol. The topological polar surface area (TPSA) is 62.9 Å². The lowest BCUT2D eigenvalue weighted by Crippen LogP contribution is -1.97. The zero-order valence-electron chi connectivity index (χ0n) is 14.6. The fourth-order valence-corrected chi connectivity index (χ4v) is 3.37. The van der Waals surface area contributed by atoms with E-state index in [-0.39, 0.29) is 0 Å². The molecule has 0 saturated heterocycles. The highest BCUT2D eigenvalue weighted by molar-refractivity contribution is 5.85. The van der Waals surface area contributed by atoms with Crippen LogP contribution in [-0.2, 0) is 6.54 Å². The first kappa shape index (κ1) is 15.5. The number of nitrogens with zero attached hydrogens (tertiary/aromatic N) is 4. The summed E-state index contributed by atoms with van der Waals surface area (Å²) in [5.74, 6) is 0.817. The molecule has 0 radical (unpaired) electrons. The lowest BCUT2D eigenvalue weighted by molar-refractivity contribution is 0.703. The average molecular weight is 354 g/mol. The molecule has 0 spiro atoms. The van der Waals surface area contributed by atoms with E-state index in [1.165, 1.54) is 0 Å². The standard InChI is InChI=1S/C21H18N6/c1-2-10-26-14-16(13-24-26)19-5-6-20-21(23-9-11-27(19)20)25-17-3-4-18-15(12-17)7-8-22-18/h2-9,11-14,22H,1,10H2,(H,23,25). The molecule has 6 heteroatoms. The molecular formula is C21H18N6. The molecule has 0 unspecified atom stereocenters. The molecule has 0 aliphatic rings. The summed E-state index contributed by atoms with van der Waals surface area (Å²) in [5, 5.41) is 8.98. The highest BCUT2D eigenvalue weighted by Crippen LogP contribution is 2.28. The molecule has 0 aliphatic heterocycles. The molecule has 5 aromatic rings. The minimum Gasteiger partial charge on any atom is -0.361 e. The van der Waals surface area contributed by atoms with Crippen LogP contribution < -0.4 is 5.32 Å². The molecule has 0 saturated carbocycles. The molecule has 27 heavy (non-hydrogen) atoms. The predicted molar refractivity (Wildman–Crippen MR) is 108 cm³/mol. The van der Waals surface area contributed by atoms with E-state index in [9.17, 15) is 0 Å². The largest absolute Gasteiger partial charge is 0.361 e. The van der Waals surface area contributed by atoms with Gasteiger partial charge in [0.05, 0.1) is 24.0 Å². The number of allylic oxidation sites excluding steroid dienone is 1. The zero-order valence-corrected chi connectivity index (χ0v) is 14.6. The third-order valence-electron chi connectivity index (χ3n) is 4.64. The zero-order chi connectivity index (χ0) is 18.2. The van der Waals surface area contributed by atoms with Crippen molar-refractivity contribution in [3.05, 3.63) is 80.0 Å². The lowest BCUT2D eigenvalue weighted by Gasteiger charge is -2.09. The first-order valence-electron chi connectivity index (χ1n) is 8.76. The number of rotatable bonds is 5. The second-order valence-corrected chi connectivity index (χ2v) is 6.39. The van der Waals surface area contributed by atoms with Gasteiger partial charge in [-0.1, -0.05) is 6.08 Å². The Morgan fingerprint density at radius 1 is 1.19 bits per heavy atom. The third-order valence-corrected chi connectivity index (χ3v) is 4.64. The Morgan fingerprint density at radius 3 is 3.07 bits per heavy atom. The van der Waals surface area contributed by atoms with Gasteiger partial charge in [0, 0.05) is 46.9 Å². The van der Waals surface area contributed by atoms with Gasteiger partial charge < -0.3 is 14.7 Å². The Labute approximate surface area is 155 Å². The van der Waals surface area contributed by atoms with Crippen molar-refractivity contribution in [3.63, 3.8) is 0 Å². The molecule has 1 aromatic carbocycles. The van der Waals surface area contributed by atoms with Crippen molar-refractivity contribution in [1.29, 1.82) is 0 Å². The molecule has 0 amide bonds. The van der Waals surface area contributed by atoms with E-state index in [2.05, 4.69) is 61.7 Å². The molecule has 0 bridgehead atoms. The average Bonchev–Trinajstić information content (AvgIpc) is 3.40. The molecule has 0 atom stereocenters. The van der Waals surface area contributed by atoms with E-state index >= 15 is 0 Å². The van der Waals surface area contributed by atoms with Gasteiger partial charge in [-0.3, -0.25) is 4.68 Å². The van der Waals surface area contributed by atoms with Gasteiger partial charge in [-0.05, 0) is 36.4 Å². The molecule has 0 aliphatic carbocycles. The molecule has 5 rings (SSSR count). The number of hydrogen-bond acceptors (Lipinski definition) is 3. The van der Waals surface area contributed by atoms with Crippen LogP contribution in [-0.4, -0.2) is 24.1 Å². The van der Waals surface area contributed by atoms with Gasteiger partial charge in [-0.15, -0.1) is 6.58 Å². The van der Waals surface area contributed by atoms with E-state index in [1.54, 1.807) is 0 Å². The first-order valence-corrected chi connectivity index (χ1v) is 8.76. The molecule has 6 nitrogen and oxygen atoms in total. The van der Waals surface area contributed by atoms with Crippen LogP contribution in [0.1, 0.15) is 0 Å². The Hall–Kier alpha value is -3.80. The summed E-state index contributed by atoms with van der Waals surface area (Å²) < 4.78 is 3.99. The highest BCUT2D eigenvalue weighted by atomic mass is 15.3. The summed E-state index contributed by atoms with van der Waals surface area (Å²) >= 11 is 0. The number of aromatic amines is 1. The molecule has 4 aromatic heterocycles. The van der Waals surface area contributed by atoms with E-state index in [0.717, 1.165) is 39.2 Å². The maximum absolute atomic E-state index is 4.54. The first-order chi connectivity index (χ1) is 13.3. The summed E-state index contributed by atoms with van der Waals surface area (Å²) in [7, 11) is 0. The second kappa shape index (κ2) is 6.17. The van der Waals surface area contributed by atoms with Gasteiger partial charge in [0.2, 0.25) is 0 Å². The van der Waals surface area contributed by atoms with Gasteiger partial charge >= 0.3 is 0 Å². The van der Waals surface area contributed by atoms with Crippen molar-refractivity contribution >= 4 is 27.9 Å². The Kier molecular flexibility index (Phi) is 3.53. The smallest absolute Gasteiger partial charge is 0.154 e. The fraction of sp³-hybridized carbons (Fsp3) is 0.0476. The maximum Gasteiger partial charge on any atom is 0.154 e. The third kappa shape index (κ3) is 2.67. The highest BCUT2D eigenvalue weighted by Gasteiger charge is 2.11. The van der Waals surface area contributed by atoms with Crippen LogP contribution in [0, 0.1) is 0 Å². The second-order valence-electron chi connectivity index (χ2n) is 6.39. The van der Waals surface area contributed by atoms with Crippen LogP contribution in [0.15, 0.2) is 80.0 Å². The SMILES string of the molecule is C=CCn1cc(-c2ccc3c(Nc4ccc5[nH]ccc5c4)nccn23)cn1. The number of H-pyrrole nitrogens is 1. The maximum atomic E-state index is 4.54. The number of anilines is 2. The Balaban J connectivity index is 1.53. The van der Waals surface area contributed by atoms with Crippen molar-refractivity contribution in [2.24, 2.45) is 0 Å². The summed E-state index contributed by atoms with van der Waals surface area (Å²) in [6.07, 6.45) is 11.5. The summed E-state index contributed by atoms with van der Waals surface area (Å²) in [5.41, 5.74) is 5.27. The summed E-state index contributed by atoms with van der Waals surface area (Å²) in [6.45, 7) is 4.45. The Morgan fingerprint density at radius 2 is 2.15 bits per heavy atom. The van der Waals surface area contributed by atoms with Crippen molar-refractivity contribution in [1.82, 2.24) is 24.1 Å². The van der Waals surface area contributed by atoms with Gasteiger partial charge in [0.15, 0.2) is 5.82 Å². The number of nitrogens with one attached hydrogen (secondary N) is 2. The van der Waals surface area contributed by atoms with Crippen molar-refractivity contribution in [2.75, 3.05) is 5.32 Å². The molecule has 0 fully saturated rings. The van der Waals surface area contributed by atoms with Crippen LogP contribution in [0.25, 0.3) is 27.7 Å². The van der Waals surface area contributed by atoms with Crippen molar-refractivity contribution < 1.29 is 0 Å². The van der Waals surface area contributed by atoms with E-state index in [4.69, 9.17) is 0 Å². The van der Waals surface area contributed by atoms with Gasteiger partial charge in [0.25, 0.3) is 0 Å². The predicted octanol–water partition coefficient (Wildman–Crippen LogP) is 4.61. The number of aromatic nitrogens is 5.